The Bertz CT molecular complexity index is 294. The summed E-state index contributed by atoms with van der Waals surface area (Å²) in [6.07, 6.45) is 7.45. The van der Waals surface area contributed by atoms with Gasteiger partial charge in [-0.1, -0.05) is 6.92 Å². The highest BCUT2D eigenvalue weighted by atomic mass is 16.5. The van der Waals surface area contributed by atoms with Crippen LogP contribution in [0.15, 0.2) is 0 Å². The Labute approximate surface area is 131 Å². The van der Waals surface area contributed by atoms with E-state index in [1.165, 1.54) is 64.7 Å². The molecule has 2 aliphatic heterocycles. The molecule has 0 radical (unpaired) electrons. The fourth-order valence-corrected chi connectivity index (χ4v) is 4.03. The Balaban J connectivity index is 1.92. The lowest BCUT2D eigenvalue weighted by molar-refractivity contribution is 0.0298. The van der Waals surface area contributed by atoms with Crippen molar-refractivity contribution in [2.45, 2.75) is 51.0 Å². The standard InChI is InChI=1S/C17H35N3O/c1-3-9-20-10-4-7-17(15-18,8-11-20)19(2)14-16-5-12-21-13-6-16/h16H,3-15,18H2,1-2H3. The van der Waals surface area contributed by atoms with Crippen LogP contribution in [0.25, 0.3) is 0 Å². The van der Waals surface area contributed by atoms with Crippen LogP contribution in [-0.4, -0.2) is 68.3 Å². The van der Waals surface area contributed by atoms with Crippen molar-refractivity contribution in [3.05, 3.63) is 0 Å². The molecule has 0 aromatic carbocycles. The minimum absolute atomic E-state index is 0.223. The van der Waals surface area contributed by atoms with Gasteiger partial charge in [0.25, 0.3) is 0 Å². The van der Waals surface area contributed by atoms with Gasteiger partial charge in [0, 0.05) is 31.8 Å². The molecule has 4 heteroatoms. The highest BCUT2D eigenvalue weighted by Crippen LogP contribution is 2.29. The number of likely N-dealkylation sites (N-methyl/N-ethyl adjacent to an activating group) is 1. The van der Waals surface area contributed by atoms with Crippen LogP contribution in [0.5, 0.6) is 0 Å². The lowest BCUT2D eigenvalue weighted by Crippen LogP contribution is -2.54. The van der Waals surface area contributed by atoms with Crippen molar-refractivity contribution in [2.75, 3.05) is 53.0 Å². The van der Waals surface area contributed by atoms with E-state index < -0.39 is 0 Å². The zero-order valence-electron chi connectivity index (χ0n) is 14.1. The maximum atomic E-state index is 6.25. The normalized spacial score (nSPS) is 29.7. The zero-order valence-corrected chi connectivity index (χ0v) is 14.1. The molecule has 4 nitrogen and oxygen atoms in total. The third kappa shape index (κ3) is 4.65. The summed E-state index contributed by atoms with van der Waals surface area (Å²) in [5.74, 6) is 0.794. The molecule has 0 amide bonds. The third-order valence-corrected chi connectivity index (χ3v) is 5.61. The van der Waals surface area contributed by atoms with Gasteiger partial charge in [-0.25, -0.2) is 0 Å². The summed E-state index contributed by atoms with van der Waals surface area (Å²) >= 11 is 0. The molecule has 0 saturated carbocycles. The second-order valence-electron chi connectivity index (χ2n) is 7.06. The zero-order chi connectivity index (χ0) is 15.1. The average Bonchev–Trinajstić information content (AvgIpc) is 2.72. The number of hydrogen-bond donors (Lipinski definition) is 1. The monoisotopic (exact) mass is 297 g/mol. The van der Waals surface area contributed by atoms with Crippen LogP contribution in [0.1, 0.15) is 45.4 Å². The van der Waals surface area contributed by atoms with Crippen molar-refractivity contribution in [2.24, 2.45) is 11.7 Å². The van der Waals surface area contributed by atoms with Gasteiger partial charge in [-0.2, -0.15) is 0 Å². The summed E-state index contributed by atoms with van der Waals surface area (Å²) in [5.41, 5.74) is 6.47. The second-order valence-corrected chi connectivity index (χ2v) is 7.06. The number of nitrogens with two attached hydrogens (primary N) is 1. The molecule has 124 valence electrons. The molecule has 2 N–H and O–H groups in total. The van der Waals surface area contributed by atoms with E-state index in [4.69, 9.17) is 10.5 Å². The molecule has 0 aromatic rings. The van der Waals surface area contributed by atoms with Crippen molar-refractivity contribution in [3.63, 3.8) is 0 Å². The average molecular weight is 297 g/mol. The quantitative estimate of drug-likeness (QED) is 0.813. The molecule has 0 aromatic heterocycles. The van der Waals surface area contributed by atoms with Crippen molar-refractivity contribution in [3.8, 4) is 0 Å². The Morgan fingerprint density at radius 1 is 1.24 bits per heavy atom. The lowest BCUT2D eigenvalue weighted by atomic mass is 9.87. The SMILES string of the molecule is CCCN1CCCC(CN)(N(C)CC2CCOCC2)CC1. The van der Waals surface area contributed by atoms with Crippen LogP contribution < -0.4 is 5.73 Å². The third-order valence-electron chi connectivity index (χ3n) is 5.61. The fourth-order valence-electron chi connectivity index (χ4n) is 4.03. The molecule has 1 unspecified atom stereocenters. The van der Waals surface area contributed by atoms with Crippen LogP contribution in [0.3, 0.4) is 0 Å². The lowest BCUT2D eigenvalue weighted by Gasteiger charge is -2.43. The van der Waals surface area contributed by atoms with E-state index in [9.17, 15) is 0 Å². The van der Waals surface area contributed by atoms with E-state index >= 15 is 0 Å². The predicted molar refractivity (Wildman–Crippen MR) is 88.5 cm³/mol. The van der Waals surface area contributed by atoms with E-state index in [0.29, 0.717) is 0 Å². The highest BCUT2D eigenvalue weighted by molar-refractivity contribution is 4.94. The van der Waals surface area contributed by atoms with E-state index in [1.54, 1.807) is 0 Å². The Morgan fingerprint density at radius 2 is 2.00 bits per heavy atom. The summed E-state index contributed by atoms with van der Waals surface area (Å²) in [5, 5.41) is 0. The molecule has 1 atom stereocenters. The van der Waals surface area contributed by atoms with Crippen LogP contribution in [-0.2, 0) is 4.74 Å². The first-order valence-electron chi connectivity index (χ1n) is 8.91. The summed E-state index contributed by atoms with van der Waals surface area (Å²) in [7, 11) is 2.30. The summed E-state index contributed by atoms with van der Waals surface area (Å²) in [6.45, 7) is 9.85. The van der Waals surface area contributed by atoms with Crippen molar-refractivity contribution in [1.82, 2.24) is 9.80 Å². The summed E-state index contributed by atoms with van der Waals surface area (Å²) in [4.78, 5) is 5.22. The molecular weight excluding hydrogens is 262 g/mol. The van der Waals surface area contributed by atoms with E-state index in [-0.39, 0.29) is 5.54 Å². The number of nitrogens with zero attached hydrogens (tertiary/aromatic N) is 2. The number of ether oxygens (including phenoxy) is 1. The molecular formula is C17H35N3O. The first-order valence-corrected chi connectivity index (χ1v) is 8.91. The van der Waals surface area contributed by atoms with E-state index in [0.717, 1.165) is 25.7 Å². The number of likely N-dealkylation sites (tertiary alicyclic amines) is 1. The second kappa shape index (κ2) is 8.47. The predicted octanol–water partition coefficient (Wildman–Crippen LogP) is 1.94. The highest BCUT2D eigenvalue weighted by Gasteiger charge is 2.36. The minimum Gasteiger partial charge on any atom is -0.381 e. The van der Waals surface area contributed by atoms with Crippen LogP contribution in [0.2, 0.25) is 0 Å². The van der Waals surface area contributed by atoms with Crippen molar-refractivity contribution in [1.29, 1.82) is 0 Å². The van der Waals surface area contributed by atoms with Crippen LogP contribution in [0, 0.1) is 5.92 Å². The maximum Gasteiger partial charge on any atom is 0.0469 e. The molecule has 2 heterocycles. The maximum absolute atomic E-state index is 6.25. The van der Waals surface area contributed by atoms with Crippen LogP contribution in [0.4, 0.5) is 0 Å². The van der Waals surface area contributed by atoms with Crippen molar-refractivity contribution < 1.29 is 4.74 Å². The first kappa shape index (κ1) is 17.2. The first-order chi connectivity index (χ1) is 10.2. The van der Waals surface area contributed by atoms with Crippen LogP contribution >= 0.6 is 0 Å². The summed E-state index contributed by atoms with van der Waals surface area (Å²) < 4.78 is 5.49. The molecule has 0 spiro atoms. The number of rotatable bonds is 6. The summed E-state index contributed by atoms with van der Waals surface area (Å²) in [6, 6.07) is 0. The van der Waals surface area contributed by atoms with Crippen molar-refractivity contribution >= 4 is 0 Å². The van der Waals surface area contributed by atoms with Gasteiger partial charge in [-0.15, -0.1) is 0 Å². The molecule has 0 aliphatic carbocycles. The molecule has 2 rings (SSSR count). The van der Waals surface area contributed by atoms with E-state index in [2.05, 4.69) is 23.8 Å². The van der Waals surface area contributed by atoms with Gasteiger partial charge >= 0.3 is 0 Å². The molecule has 21 heavy (non-hydrogen) atoms. The van der Waals surface area contributed by atoms with Gasteiger partial charge in [-0.3, -0.25) is 4.90 Å². The molecule has 0 bridgehead atoms. The molecule has 2 aliphatic rings. The Morgan fingerprint density at radius 3 is 2.67 bits per heavy atom. The Kier molecular flexibility index (Phi) is 6.93. The van der Waals surface area contributed by atoms with Gasteiger partial charge in [0.05, 0.1) is 0 Å². The van der Waals surface area contributed by atoms with Gasteiger partial charge in [-0.05, 0) is 71.1 Å². The topological polar surface area (TPSA) is 41.7 Å². The van der Waals surface area contributed by atoms with Gasteiger partial charge in [0.15, 0.2) is 0 Å². The largest absolute Gasteiger partial charge is 0.381 e. The molecule has 2 fully saturated rings. The van der Waals surface area contributed by atoms with Gasteiger partial charge in [0.2, 0.25) is 0 Å². The smallest absolute Gasteiger partial charge is 0.0469 e. The molecule has 2 saturated heterocycles. The van der Waals surface area contributed by atoms with Gasteiger partial charge in [0.1, 0.15) is 0 Å². The van der Waals surface area contributed by atoms with E-state index in [1.807, 2.05) is 0 Å². The minimum atomic E-state index is 0.223. The Hall–Kier alpha value is -0.160. The number of hydrogen-bond acceptors (Lipinski definition) is 4. The fraction of sp³-hybridized carbons (Fsp3) is 1.00. The van der Waals surface area contributed by atoms with Gasteiger partial charge < -0.3 is 15.4 Å².